The lowest BCUT2D eigenvalue weighted by Gasteiger charge is -2.29. The SMILES string of the molecule is O[C@H]1CCCC[C@@H]1Nc1cccc(F)c1F. The molecule has 1 saturated carbocycles. The van der Waals surface area contributed by atoms with E-state index in [2.05, 4.69) is 5.32 Å². The predicted molar refractivity (Wildman–Crippen MR) is 58.2 cm³/mol. The number of anilines is 1. The Kier molecular flexibility index (Phi) is 3.39. The molecule has 0 aliphatic heterocycles. The molecule has 1 aliphatic carbocycles. The Hall–Kier alpha value is -1.16. The highest BCUT2D eigenvalue weighted by Gasteiger charge is 2.23. The van der Waals surface area contributed by atoms with E-state index in [0.717, 1.165) is 25.3 Å². The van der Waals surface area contributed by atoms with Crippen LogP contribution in [0.15, 0.2) is 18.2 Å². The van der Waals surface area contributed by atoms with Crippen LogP contribution in [-0.2, 0) is 0 Å². The van der Waals surface area contributed by atoms with Crippen LogP contribution >= 0.6 is 0 Å². The molecule has 1 aliphatic rings. The minimum absolute atomic E-state index is 0.131. The highest BCUT2D eigenvalue weighted by Crippen LogP contribution is 2.24. The molecule has 1 aromatic rings. The molecule has 0 unspecified atom stereocenters. The van der Waals surface area contributed by atoms with E-state index in [0.29, 0.717) is 6.42 Å². The molecule has 2 atom stereocenters. The molecular formula is C12H15F2NO. The highest BCUT2D eigenvalue weighted by atomic mass is 19.2. The van der Waals surface area contributed by atoms with Crippen molar-refractivity contribution >= 4 is 5.69 Å². The topological polar surface area (TPSA) is 32.3 Å². The average molecular weight is 227 g/mol. The van der Waals surface area contributed by atoms with E-state index in [1.54, 1.807) is 0 Å². The van der Waals surface area contributed by atoms with Crippen LogP contribution < -0.4 is 5.32 Å². The molecule has 0 spiro atoms. The first-order valence-corrected chi connectivity index (χ1v) is 5.57. The zero-order valence-electron chi connectivity index (χ0n) is 8.92. The number of hydrogen-bond donors (Lipinski definition) is 2. The van der Waals surface area contributed by atoms with Crippen LogP contribution in [0.5, 0.6) is 0 Å². The maximum atomic E-state index is 13.4. The molecular weight excluding hydrogens is 212 g/mol. The third kappa shape index (κ3) is 2.32. The quantitative estimate of drug-likeness (QED) is 0.814. The van der Waals surface area contributed by atoms with E-state index < -0.39 is 17.7 Å². The molecule has 0 bridgehead atoms. The highest BCUT2D eigenvalue weighted by molar-refractivity contribution is 5.46. The summed E-state index contributed by atoms with van der Waals surface area (Å²) in [5.41, 5.74) is 0.131. The van der Waals surface area contributed by atoms with Crippen molar-refractivity contribution < 1.29 is 13.9 Å². The van der Waals surface area contributed by atoms with Gasteiger partial charge in [0.1, 0.15) is 0 Å². The van der Waals surface area contributed by atoms with Crippen LogP contribution in [0.25, 0.3) is 0 Å². The van der Waals surface area contributed by atoms with Crippen molar-refractivity contribution in [2.45, 2.75) is 37.8 Å². The summed E-state index contributed by atoms with van der Waals surface area (Å²) in [7, 11) is 0. The van der Waals surface area contributed by atoms with Gasteiger partial charge >= 0.3 is 0 Å². The van der Waals surface area contributed by atoms with Crippen molar-refractivity contribution in [3.8, 4) is 0 Å². The summed E-state index contributed by atoms with van der Waals surface area (Å²) in [6, 6.07) is 3.85. The van der Waals surface area contributed by atoms with Crippen LogP contribution in [-0.4, -0.2) is 17.3 Å². The summed E-state index contributed by atoms with van der Waals surface area (Å²) in [6.45, 7) is 0. The van der Waals surface area contributed by atoms with Gasteiger partial charge in [-0.3, -0.25) is 0 Å². The van der Waals surface area contributed by atoms with Crippen molar-refractivity contribution in [3.05, 3.63) is 29.8 Å². The first kappa shape index (κ1) is 11.3. The molecule has 2 N–H and O–H groups in total. The molecule has 1 aromatic carbocycles. The van der Waals surface area contributed by atoms with Gasteiger partial charge in [-0.2, -0.15) is 0 Å². The Morgan fingerprint density at radius 2 is 1.94 bits per heavy atom. The van der Waals surface area contributed by atoms with Gasteiger partial charge in [-0.1, -0.05) is 18.9 Å². The van der Waals surface area contributed by atoms with Crippen LogP contribution in [0, 0.1) is 11.6 Å². The van der Waals surface area contributed by atoms with Crippen molar-refractivity contribution in [1.29, 1.82) is 0 Å². The monoisotopic (exact) mass is 227 g/mol. The second-order valence-electron chi connectivity index (χ2n) is 4.20. The van der Waals surface area contributed by atoms with E-state index in [1.807, 2.05) is 0 Å². The van der Waals surface area contributed by atoms with Crippen LogP contribution in [0.4, 0.5) is 14.5 Å². The molecule has 4 heteroatoms. The largest absolute Gasteiger partial charge is 0.391 e. The van der Waals surface area contributed by atoms with Gasteiger partial charge in [-0.15, -0.1) is 0 Å². The first-order chi connectivity index (χ1) is 7.68. The van der Waals surface area contributed by atoms with Crippen molar-refractivity contribution in [2.75, 3.05) is 5.32 Å². The Bertz CT molecular complexity index is 370. The summed E-state index contributed by atoms with van der Waals surface area (Å²) in [6.07, 6.45) is 3.03. The predicted octanol–water partition coefficient (Wildman–Crippen LogP) is 2.68. The molecule has 0 heterocycles. The molecule has 2 nitrogen and oxygen atoms in total. The van der Waals surface area contributed by atoms with E-state index in [9.17, 15) is 13.9 Å². The number of nitrogens with one attached hydrogen (secondary N) is 1. The molecule has 1 fully saturated rings. The minimum atomic E-state index is -0.875. The van der Waals surface area contributed by atoms with Crippen molar-refractivity contribution in [3.63, 3.8) is 0 Å². The van der Waals surface area contributed by atoms with Gasteiger partial charge in [-0.25, -0.2) is 8.78 Å². The maximum absolute atomic E-state index is 13.4. The average Bonchev–Trinajstić information content (AvgIpc) is 2.28. The molecule has 0 radical (unpaired) electrons. The Morgan fingerprint density at radius 3 is 2.69 bits per heavy atom. The smallest absolute Gasteiger partial charge is 0.181 e. The molecule has 2 rings (SSSR count). The van der Waals surface area contributed by atoms with Crippen molar-refractivity contribution in [2.24, 2.45) is 0 Å². The van der Waals surface area contributed by atoms with Crippen LogP contribution in [0.1, 0.15) is 25.7 Å². The summed E-state index contributed by atoms with van der Waals surface area (Å²) in [4.78, 5) is 0. The number of hydrogen-bond acceptors (Lipinski definition) is 2. The molecule has 0 saturated heterocycles. The zero-order chi connectivity index (χ0) is 11.5. The third-order valence-electron chi connectivity index (χ3n) is 3.02. The number of rotatable bonds is 2. The van der Waals surface area contributed by atoms with E-state index in [1.165, 1.54) is 12.1 Å². The van der Waals surface area contributed by atoms with Gasteiger partial charge in [0.15, 0.2) is 11.6 Å². The first-order valence-electron chi connectivity index (χ1n) is 5.57. The van der Waals surface area contributed by atoms with Gasteiger partial charge in [0.05, 0.1) is 17.8 Å². The Labute approximate surface area is 93.3 Å². The fraction of sp³-hybridized carbons (Fsp3) is 0.500. The van der Waals surface area contributed by atoms with Crippen LogP contribution in [0.2, 0.25) is 0 Å². The minimum Gasteiger partial charge on any atom is -0.391 e. The summed E-state index contributed by atoms with van der Waals surface area (Å²) in [5, 5.41) is 12.6. The standard InChI is InChI=1S/C12H15F2NO/c13-8-4-3-6-10(12(8)14)15-9-5-1-2-7-11(9)16/h3-4,6,9,11,15-16H,1-2,5,7H2/t9-,11-/m0/s1. The lowest BCUT2D eigenvalue weighted by atomic mass is 9.92. The van der Waals surface area contributed by atoms with Gasteiger partial charge in [0.25, 0.3) is 0 Å². The third-order valence-corrected chi connectivity index (χ3v) is 3.02. The van der Waals surface area contributed by atoms with Gasteiger partial charge in [0, 0.05) is 0 Å². The molecule has 88 valence electrons. The number of benzene rings is 1. The van der Waals surface area contributed by atoms with E-state index in [-0.39, 0.29) is 11.7 Å². The summed E-state index contributed by atoms with van der Waals surface area (Å²) >= 11 is 0. The lowest BCUT2D eigenvalue weighted by molar-refractivity contribution is 0.116. The van der Waals surface area contributed by atoms with Gasteiger partial charge in [0.2, 0.25) is 0 Å². The van der Waals surface area contributed by atoms with E-state index in [4.69, 9.17) is 0 Å². The van der Waals surface area contributed by atoms with Gasteiger partial charge in [-0.05, 0) is 25.0 Å². The Balaban J connectivity index is 2.10. The fourth-order valence-electron chi connectivity index (χ4n) is 2.09. The fourth-order valence-corrected chi connectivity index (χ4v) is 2.09. The van der Waals surface area contributed by atoms with Gasteiger partial charge < -0.3 is 10.4 Å². The summed E-state index contributed by atoms with van der Waals surface area (Å²) in [5.74, 6) is -1.74. The molecule has 0 amide bonds. The number of aliphatic hydroxyl groups excluding tert-OH is 1. The van der Waals surface area contributed by atoms with Crippen LogP contribution in [0.3, 0.4) is 0 Å². The molecule has 0 aromatic heterocycles. The van der Waals surface area contributed by atoms with Crippen molar-refractivity contribution in [1.82, 2.24) is 0 Å². The normalized spacial score (nSPS) is 25.4. The second kappa shape index (κ2) is 4.78. The lowest BCUT2D eigenvalue weighted by Crippen LogP contribution is -2.36. The zero-order valence-corrected chi connectivity index (χ0v) is 8.92. The maximum Gasteiger partial charge on any atom is 0.181 e. The van der Waals surface area contributed by atoms with E-state index >= 15 is 0 Å². The summed E-state index contributed by atoms with van der Waals surface area (Å²) < 4.78 is 26.3. The number of halogens is 2. The Morgan fingerprint density at radius 1 is 1.19 bits per heavy atom. The number of aliphatic hydroxyl groups is 1. The second-order valence-corrected chi connectivity index (χ2v) is 4.20. The molecule has 16 heavy (non-hydrogen) atoms.